The first-order valence-electron chi connectivity index (χ1n) is 8.21. The number of fused-ring (bicyclic) bond motifs is 1. The molecule has 0 spiro atoms. The lowest BCUT2D eigenvalue weighted by Crippen LogP contribution is -2.28. The van der Waals surface area contributed by atoms with E-state index in [1.165, 1.54) is 10.8 Å². The van der Waals surface area contributed by atoms with Gasteiger partial charge in [-0.2, -0.15) is 5.10 Å². The smallest absolute Gasteiger partial charge is 0.284 e. The van der Waals surface area contributed by atoms with Crippen LogP contribution in [0, 0.1) is 6.92 Å². The molecular formula is C18H16ClN7O. The normalized spacial score (nSPS) is 11.0. The molecule has 3 heterocycles. The van der Waals surface area contributed by atoms with Crippen molar-refractivity contribution in [2.75, 3.05) is 11.1 Å². The van der Waals surface area contributed by atoms with Gasteiger partial charge >= 0.3 is 0 Å². The van der Waals surface area contributed by atoms with Crippen molar-refractivity contribution in [2.24, 2.45) is 0 Å². The predicted molar refractivity (Wildman–Crippen MR) is 104 cm³/mol. The van der Waals surface area contributed by atoms with Crippen molar-refractivity contribution in [2.45, 2.75) is 13.5 Å². The number of halogens is 1. The molecule has 0 aliphatic heterocycles. The molecule has 0 saturated heterocycles. The molecule has 1 aromatic carbocycles. The number of hydrogen-bond acceptors (Lipinski definition) is 6. The van der Waals surface area contributed by atoms with E-state index in [1.54, 1.807) is 22.9 Å². The molecule has 136 valence electrons. The van der Waals surface area contributed by atoms with Gasteiger partial charge < -0.3 is 11.1 Å². The summed E-state index contributed by atoms with van der Waals surface area (Å²) in [7, 11) is 0. The highest BCUT2D eigenvalue weighted by Gasteiger charge is 2.16. The van der Waals surface area contributed by atoms with Crippen LogP contribution in [-0.2, 0) is 6.54 Å². The van der Waals surface area contributed by atoms with E-state index in [0.29, 0.717) is 28.0 Å². The summed E-state index contributed by atoms with van der Waals surface area (Å²) in [5.74, 6) is 1.40. The summed E-state index contributed by atoms with van der Waals surface area (Å²) in [5, 5.41) is 8.06. The molecule has 8 nitrogen and oxygen atoms in total. The number of aromatic nitrogens is 5. The Kier molecular flexibility index (Phi) is 4.25. The van der Waals surface area contributed by atoms with Gasteiger partial charge in [0.05, 0.1) is 17.3 Å². The Morgan fingerprint density at radius 3 is 2.81 bits per heavy atom. The fourth-order valence-electron chi connectivity index (χ4n) is 2.89. The van der Waals surface area contributed by atoms with E-state index in [9.17, 15) is 4.79 Å². The maximum absolute atomic E-state index is 13.2. The van der Waals surface area contributed by atoms with Gasteiger partial charge in [0.1, 0.15) is 23.5 Å². The van der Waals surface area contributed by atoms with Crippen molar-refractivity contribution >= 4 is 28.8 Å². The molecule has 0 aliphatic carbocycles. The highest BCUT2D eigenvalue weighted by molar-refractivity contribution is 6.33. The molecule has 3 aromatic heterocycles. The van der Waals surface area contributed by atoms with Crippen LogP contribution in [0.1, 0.15) is 11.4 Å². The van der Waals surface area contributed by atoms with E-state index in [4.69, 9.17) is 17.3 Å². The SMILES string of the molecule is Cc1ccccc1-n1c(CNc2cc(N)ncn2)nn2ccc(Cl)c2c1=O. The van der Waals surface area contributed by atoms with Crippen LogP contribution >= 0.6 is 11.6 Å². The average Bonchev–Trinajstić information content (AvgIpc) is 3.02. The van der Waals surface area contributed by atoms with E-state index >= 15 is 0 Å². The maximum atomic E-state index is 13.2. The minimum Gasteiger partial charge on any atom is -0.384 e. The minimum atomic E-state index is -0.242. The lowest BCUT2D eigenvalue weighted by atomic mass is 10.2. The van der Waals surface area contributed by atoms with E-state index in [0.717, 1.165) is 11.3 Å². The third-order valence-electron chi connectivity index (χ3n) is 4.18. The fourth-order valence-corrected chi connectivity index (χ4v) is 3.11. The monoisotopic (exact) mass is 381 g/mol. The predicted octanol–water partition coefficient (Wildman–Crippen LogP) is 2.43. The van der Waals surface area contributed by atoms with Crippen LogP contribution in [0.3, 0.4) is 0 Å². The first-order valence-corrected chi connectivity index (χ1v) is 8.58. The van der Waals surface area contributed by atoms with Gasteiger partial charge in [-0.05, 0) is 24.6 Å². The number of nitrogens with two attached hydrogens (primary N) is 1. The molecule has 4 rings (SSSR count). The van der Waals surface area contributed by atoms with Gasteiger partial charge in [0.2, 0.25) is 0 Å². The standard InChI is InChI=1S/C18H16ClN7O/c1-11-4-2-3-5-13(11)26-16(9-21-15-8-14(20)22-10-23-15)24-25-7-6-12(19)17(25)18(26)27/h2-8,10H,9H2,1H3,(H3,20,21,22,23). The molecule has 0 fully saturated rings. The van der Waals surface area contributed by atoms with Crippen LogP contribution in [0.4, 0.5) is 11.6 Å². The van der Waals surface area contributed by atoms with Crippen molar-refractivity contribution in [3.63, 3.8) is 0 Å². The van der Waals surface area contributed by atoms with Crippen molar-refractivity contribution in [1.82, 2.24) is 24.1 Å². The second kappa shape index (κ2) is 6.73. The van der Waals surface area contributed by atoms with Gasteiger partial charge in [-0.3, -0.25) is 9.36 Å². The van der Waals surface area contributed by atoms with Crippen LogP contribution in [0.5, 0.6) is 0 Å². The number of aryl methyl sites for hydroxylation is 1. The number of benzene rings is 1. The van der Waals surface area contributed by atoms with E-state index in [-0.39, 0.29) is 12.1 Å². The number of nitrogen functional groups attached to an aromatic ring is 1. The third-order valence-corrected chi connectivity index (χ3v) is 4.48. The average molecular weight is 382 g/mol. The summed E-state index contributed by atoms with van der Waals surface area (Å²) in [4.78, 5) is 21.2. The Bertz CT molecular complexity index is 1200. The van der Waals surface area contributed by atoms with Gasteiger partial charge in [0, 0.05) is 12.3 Å². The van der Waals surface area contributed by atoms with Crippen LogP contribution in [0.2, 0.25) is 5.02 Å². The summed E-state index contributed by atoms with van der Waals surface area (Å²) >= 11 is 6.20. The molecule has 0 saturated carbocycles. The van der Waals surface area contributed by atoms with Gasteiger partial charge in [-0.15, -0.1) is 0 Å². The molecule has 0 radical (unpaired) electrons. The summed E-state index contributed by atoms with van der Waals surface area (Å²) in [6.07, 6.45) is 3.03. The lowest BCUT2D eigenvalue weighted by molar-refractivity contribution is 0.739. The molecule has 0 atom stereocenters. The number of nitrogens with zero attached hydrogens (tertiary/aromatic N) is 5. The van der Waals surface area contributed by atoms with Crippen molar-refractivity contribution in [1.29, 1.82) is 0 Å². The molecule has 0 bridgehead atoms. The quantitative estimate of drug-likeness (QED) is 0.562. The number of rotatable bonds is 4. The van der Waals surface area contributed by atoms with Crippen LogP contribution in [0.15, 0.2) is 53.7 Å². The van der Waals surface area contributed by atoms with Crippen molar-refractivity contribution in [3.8, 4) is 5.69 Å². The minimum absolute atomic E-state index is 0.242. The summed E-state index contributed by atoms with van der Waals surface area (Å²) < 4.78 is 3.05. The molecule has 9 heteroatoms. The first-order chi connectivity index (χ1) is 13.0. The van der Waals surface area contributed by atoms with Gasteiger partial charge in [0.25, 0.3) is 5.56 Å². The zero-order valence-electron chi connectivity index (χ0n) is 14.4. The summed E-state index contributed by atoms with van der Waals surface area (Å²) in [6, 6.07) is 10.9. The molecular weight excluding hydrogens is 366 g/mol. The first kappa shape index (κ1) is 17.0. The van der Waals surface area contributed by atoms with Crippen molar-refractivity contribution < 1.29 is 0 Å². The highest BCUT2D eigenvalue weighted by atomic mass is 35.5. The van der Waals surface area contributed by atoms with Crippen LogP contribution in [0.25, 0.3) is 11.2 Å². The third kappa shape index (κ3) is 3.11. The molecule has 0 amide bonds. The maximum Gasteiger partial charge on any atom is 0.284 e. The Morgan fingerprint density at radius 2 is 2.04 bits per heavy atom. The summed E-state index contributed by atoms with van der Waals surface area (Å²) in [6.45, 7) is 2.19. The van der Waals surface area contributed by atoms with Gasteiger partial charge in [-0.25, -0.2) is 14.5 Å². The van der Waals surface area contributed by atoms with Crippen LogP contribution < -0.4 is 16.6 Å². The molecule has 0 aliphatic rings. The summed E-state index contributed by atoms with van der Waals surface area (Å²) in [5.41, 5.74) is 7.46. The Labute approximate surface area is 159 Å². The zero-order valence-corrected chi connectivity index (χ0v) is 15.2. The number of hydrogen-bond donors (Lipinski definition) is 2. The van der Waals surface area contributed by atoms with E-state index in [1.807, 2.05) is 31.2 Å². The highest BCUT2D eigenvalue weighted by Crippen LogP contribution is 2.18. The fraction of sp³-hybridized carbons (Fsp3) is 0.111. The van der Waals surface area contributed by atoms with Gasteiger partial charge in [0.15, 0.2) is 5.82 Å². The van der Waals surface area contributed by atoms with Crippen LogP contribution in [-0.4, -0.2) is 24.1 Å². The van der Waals surface area contributed by atoms with Gasteiger partial charge in [-0.1, -0.05) is 29.8 Å². The van der Waals surface area contributed by atoms with E-state index < -0.39 is 0 Å². The Morgan fingerprint density at radius 1 is 1.22 bits per heavy atom. The zero-order chi connectivity index (χ0) is 19.0. The number of nitrogens with one attached hydrogen (secondary N) is 1. The lowest BCUT2D eigenvalue weighted by Gasteiger charge is -2.15. The second-order valence-corrected chi connectivity index (χ2v) is 6.39. The number of para-hydroxylation sites is 1. The molecule has 3 N–H and O–H groups in total. The number of anilines is 2. The molecule has 27 heavy (non-hydrogen) atoms. The van der Waals surface area contributed by atoms with E-state index in [2.05, 4.69) is 20.4 Å². The largest absolute Gasteiger partial charge is 0.384 e. The Balaban J connectivity index is 1.87. The van der Waals surface area contributed by atoms with Crippen molar-refractivity contribution in [3.05, 3.63) is 75.7 Å². The Hall–Kier alpha value is -3.39. The second-order valence-electron chi connectivity index (χ2n) is 5.98. The molecule has 4 aromatic rings. The molecule has 0 unspecified atom stereocenters. The topological polar surface area (TPSA) is 103 Å².